The normalized spacial score (nSPS) is 12.1. The zero-order valence-corrected chi connectivity index (χ0v) is 28.7. The average Bonchev–Trinajstić information content (AvgIpc) is 2.84. The van der Waals surface area contributed by atoms with Crippen molar-refractivity contribution in [1.82, 2.24) is 0 Å². The minimum Gasteiger partial charge on any atom is -1.00 e. The third kappa shape index (κ3) is 11.2. The van der Waals surface area contributed by atoms with Crippen LogP contribution < -0.4 is 26.5 Å². The van der Waals surface area contributed by atoms with Crippen LogP contribution in [0.15, 0.2) is 71.2 Å². The van der Waals surface area contributed by atoms with E-state index in [1.807, 2.05) is 12.1 Å². The van der Waals surface area contributed by atoms with Crippen molar-refractivity contribution in [3.8, 4) is 11.5 Å². The summed E-state index contributed by atoms with van der Waals surface area (Å²) in [6.07, 6.45) is 0. The van der Waals surface area contributed by atoms with Crippen LogP contribution in [-0.2, 0) is 28.7 Å². The first-order valence-corrected chi connectivity index (χ1v) is 14.7. The highest BCUT2D eigenvalue weighted by Crippen LogP contribution is 2.35. The smallest absolute Gasteiger partial charge is 0.123 e. The Hall–Kier alpha value is -1.86. The van der Waals surface area contributed by atoms with Gasteiger partial charge in [-0.15, -0.1) is 0 Å². The number of hydrogen-bond donors (Lipinski definition) is 0. The first kappa shape index (κ1) is 34.3. The first-order chi connectivity index (χ1) is 18.2. The van der Waals surface area contributed by atoms with Crippen LogP contribution in [0.5, 0.6) is 11.5 Å². The van der Waals surface area contributed by atoms with E-state index in [9.17, 15) is 0 Å². The number of quaternary nitrogens is 1. The molecule has 3 aromatic carbocycles. The number of rotatable bonds is 12. The molecule has 0 bridgehead atoms. The molecule has 6 heteroatoms. The van der Waals surface area contributed by atoms with Crippen molar-refractivity contribution >= 4 is 15.9 Å². The molecule has 0 saturated carbocycles. The van der Waals surface area contributed by atoms with Gasteiger partial charge in [-0.05, 0) is 70.0 Å². The fourth-order valence-corrected chi connectivity index (χ4v) is 4.84. The summed E-state index contributed by atoms with van der Waals surface area (Å²) in [6.45, 7) is 17.7. The second kappa shape index (κ2) is 14.9. The number of halogens is 2. The van der Waals surface area contributed by atoms with Gasteiger partial charge >= 0.3 is 0 Å². The highest BCUT2D eigenvalue weighted by molar-refractivity contribution is 9.10. The summed E-state index contributed by atoms with van der Waals surface area (Å²) >= 11 is 3.51. The van der Waals surface area contributed by atoms with Gasteiger partial charge in [-0.25, -0.2) is 0 Å². The van der Waals surface area contributed by atoms with E-state index in [-0.39, 0.29) is 27.8 Å². The van der Waals surface area contributed by atoms with Crippen LogP contribution in [0.3, 0.4) is 0 Å². The Morgan fingerprint density at radius 1 is 0.725 bits per heavy atom. The number of benzene rings is 3. The van der Waals surface area contributed by atoms with Crippen LogP contribution in [0, 0.1) is 0 Å². The van der Waals surface area contributed by atoms with Crippen molar-refractivity contribution < 1.29 is 35.7 Å². The largest absolute Gasteiger partial charge is 1.00 e. The molecular formula is C34H47Br2NO3. The molecule has 0 saturated heterocycles. The van der Waals surface area contributed by atoms with E-state index in [0.29, 0.717) is 26.4 Å². The molecule has 0 radical (unpaired) electrons. The quantitative estimate of drug-likeness (QED) is 0.193. The number of hydrogen-bond acceptors (Lipinski definition) is 3. The molecule has 0 atom stereocenters. The molecule has 0 aliphatic carbocycles. The summed E-state index contributed by atoms with van der Waals surface area (Å²) in [7, 11) is 4.48. The van der Waals surface area contributed by atoms with Crippen molar-refractivity contribution in [2.75, 3.05) is 40.5 Å². The van der Waals surface area contributed by atoms with Gasteiger partial charge in [0.1, 0.15) is 37.8 Å². The molecule has 3 aromatic rings. The van der Waals surface area contributed by atoms with E-state index < -0.39 is 0 Å². The molecule has 0 spiro atoms. The fourth-order valence-electron chi connectivity index (χ4n) is 4.39. The molecular weight excluding hydrogens is 630 g/mol. The number of ether oxygens (including phenoxy) is 3. The second-order valence-electron chi connectivity index (χ2n) is 13.1. The van der Waals surface area contributed by atoms with Crippen molar-refractivity contribution in [2.24, 2.45) is 0 Å². The first-order valence-electron chi connectivity index (χ1n) is 13.9. The molecule has 0 unspecified atom stereocenters. The third-order valence-electron chi connectivity index (χ3n) is 6.81. The predicted molar refractivity (Wildman–Crippen MR) is 166 cm³/mol. The minimum atomic E-state index is 0. The zero-order valence-electron chi connectivity index (χ0n) is 25.5. The molecule has 0 aromatic heterocycles. The Morgan fingerprint density at radius 2 is 1.43 bits per heavy atom. The van der Waals surface area contributed by atoms with Gasteiger partial charge < -0.3 is 35.7 Å². The molecule has 0 fully saturated rings. The van der Waals surface area contributed by atoms with Crippen LogP contribution >= 0.6 is 15.9 Å². The Labute approximate surface area is 261 Å². The molecule has 0 N–H and O–H groups in total. The molecule has 3 rings (SSSR count). The maximum absolute atomic E-state index is 6.18. The van der Waals surface area contributed by atoms with E-state index >= 15 is 0 Å². The highest BCUT2D eigenvalue weighted by atomic mass is 79.9. The van der Waals surface area contributed by atoms with Gasteiger partial charge in [0.05, 0.1) is 27.3 Å². The Balaban J connectivity index is 0.00000560. The van der Waals surface area contributed by atoms with Crippen LogP contribution in [0.25, 0.3) is 0 Å². The Kier molecular flexibility index (Phi) is 12.8. The lowest BCUT2D eigenvalue weighted by Gasteiger charge is -2.30. The summed E-state index contributed by atoms with van der Waals surface area (Å²) in [4.78, 5) is 0. The van der Waals surface area contributed by atoms with Crippen molar-refractivity contribution in [2.45, 2.75) is 65.5 Å². The van der Waals surface area contributed by atoms with E-state index in [2.05, 4.69) is 126 Å². The van der Waals surface area contributed by atoms with Crippen molar-refractivity contribution in [3.63, 3.8) is 0 Å². The second-order valence-corrected chi connectivity index (χ2v) is 14.0. The Morgan fingerprint density at radius 3 is 2.05 bits per heavy atom. The SMILES string of the molecule is CC(C)(C)c1ccc(OCCOCC[N+](C)(C)Cc2ccc(OCc3cccc(Br)c3)cc2)c(C(C)(C)C)c1.[Br-]. The predicted octanol–water partition coefficient (Wildman–Crippen LogP) is 5.30. The molecule has 0 amide bonds. The minimum absolute atomic E-state index is 0. The van der Waals surface area contributed by atoms with E-state index in [4.69, 9.17) is 14.2 Å². The lowest BCUT2D eigenvalue weighted by Crippen LogP contribution is -3.00. The topological polar surface area (TPSA) is 27.7 Å². The molecule has 0 heterocycles. The lowest BCUT2D eigenvalue weighted by atomic mass is 9.80. The van der Waals surface area contributed by atoms with E-state index in [0.717, 1.165) is 39.1 Å². The van der Waals surface area contributed by atoms with Gasteiger partial charge in [-0.1, -0.05) is 81.7 Å². The summed E-state index contributed by atoms with van der Waals surface area (Å²) in [5, 5.41) is 0. The molecule has 0 aliphatic heterocycles. The van der Waals surface area contributed by atoms with Gasteiger partial charge in [-0.2, -0.15) is 0 Å². The lowest BCUT2D eigenvalue weighted by molar-refractivity contribution is -0.904. The summed E-state index contributed by atoms with van der Waals surface area (Å²) in [6, 6.07) is 23.2. The number of likely N-dealkylation sites (N-methyl/N-ethyl adjacent to an activating group) is 1. The van der Waals surface area contributed by atoms with Crippen LogP contribution in [-0.4, -0.2) is 44.9 Å². The third-order valence-corrected chi connectivity index (χ3v) is 7.30. The van der Waals surface area contributed by atoms with E-state index in [1.165, 1.54) is 16.7 Å². The highest BCUT2D eigenvalue weighted by Gasteiger charge is 2.23. The van der Waals surface area contributed by atoms with Gasteiger partial charge in [0.25, 0.3) is 0 Å². The van der Waals surface area contributed by atoms with Crippen molar-refractivity contribution in [1.29, 1.82) is 0 Å². The van der Waals surface area contributed by atoms with Crippen molar-refractivity contribution in [3.05, 3.63) is 93.5 Å². The fraction of sp³-hybridized carbons (Fsp3) is 0.471. The average molecular weight is 678 g/mol. The zero-order chi connectivity index (χ0) is 28.7. The van der Waals surface area contributed by atoms with Crippen LogP contribution in [0.4, 0.5) is 0 Å². The molecule has 220 valence electrons. The standard InChI is InChI=1S/C34H47BrNO3.BrH/c1-33(2,3)28-14-17-32(31(23-28)34(4,5)6)38-21-20-37-19-18-36(7,8)24-26-12-15-30(16-13-26)39-25-27-10-9-11-29(35)22-27;/h9-17,22-23H,18-21,24-25H2,1-8H3;1H/q+1;/p-1. The maximum atomic E-state index is 6.18. The Bertz CT molecular complexity index is 1200. The van der Waals surface area contributed by atoms with E-state index in [1.54, 1.807) is 0 Å². The summed E-state index contributed by atoms with van der Waals surface area (Å²) < 4.78 is 20.0. The van der Waals surface area contributed by atoms with Gasteiger partial charge in [0.2, 0.25) is 0 Å². The maximum Gasteiger partial charge on any atom is 0.123 e. The number of nitrogens with zero attached hydrogens (tertiary/aromatic N) is 1. The molecule has 0 aliphatic rings. The monoisotopic (exact) mass is 675 g/mol. The summed E-state index contributed by atoms with van der Waals surface area (Å²) in [5.74, 6) is 1.84. The van der Waals surface area contributed by atoms with Gasteiger partial charge in [0.15, 0.2) is 0 Å². The van der Waals surface area contributed by atoms with Gasteiger partial charge in [-0.3, -0.25) is 0 Å². The molecule has 40 heavy (non-hydrogen) atoms. The van der Waals surface area contributed by atoms with Gasteiger partial charge in [0, 0.05) is 10.0 Å². The molecule has 4 nitrogen and oxygen atoms in total. The summed E-state index contributed by atoms with van der Waals surface area (Å²) in [5.41, 5.74) is 5.14. The van der Waals surface area contributed by atoms with Crippen LogP contribution in [0.1, 0.15) is 63.8 Å². The van der Waals surface area contributed by atoms with Crippen LogP contribution in [0.2, 0.25) is 0 Å².